The Morgan fingerprint density at radius 1 is 0.900 bits per heavy atom. The smallest absolute Gasteiger partial charge is 0.355 e. The molecule has 0 spiro atoms. The number of likely N-dealkylation sites (tertiary alicyclic amines) is 1. The van der Waals surface area contributed by atoms with Crippen LogP contribution in [-0.4, -0.2) is 97.1 Å². The van der Waals surface area contributed by atoms with Gasteiger partial charge in [0.05, 0.1) is 40.5 Å². The van der Waals surface area contributed by atoms with Gasteiger partial charge < -0.3 is 20.1 Å². The normalized spacial score (nSPS) is 16.5. The molecule has 4 N–H and O–H groups in total. The van der Waals surface area contributed by atoms with Crippen LogP contribution in [0.2, 0.25) is 0 Å². The van der Waals surface area contributed by atoms with E-state index in [9.17, 15) is 29.1 Å². The van der Waals surface area contributed by atoms with E-state index >= 15 is 0 Å². The summed E-state index contributed by atoms with van der Waals surface area (Å²) in [5.74, 6) is -0.906. The van der Waals surface area contributed by atoms with Gasteiger partial charge in [0, 0.05) is 55.0 Å². The molecule has 7 heterocycles. The highest BCUT2D eigenvalue weighted by molar-refractivity contribution is 7.22. The van der Waals surface area contributed by atoms with Gasteiger partial charge in [0.2, 0.25) is 17.7 Å². The molecular formula is C52H52N10O7S. The van der Waals surface area contributed by atoms with Gasteiger partial charge in [0.25, 0.3) is 5.91 Å². The number of para-hydroxylation sites is 1. The molecule has 2 saturated heterocycles. The van der Waals surface area contributed by atoms with Crippen molar-refractivity contribution in [2.45, 2.75) is 64.3 Å². The number of aromatic nitrogens is 5. The first-order chi connectivity index (χ1) is 33.9. The van der Waals surface area contributed by atoms with E-state index in [0.29, 0.717) is 84.3 Å². The maximum absolute atomic E-state index is 13.5. The van der Waals surface area contributed by atoms with Crippen LogP contribution < -0.4 is 25.6 Å². The first kappa shape index (κ1) is 46.2. The number of pyridine rings is 2. The Morgan fingerprint density at radius 2 is 1.73 bits per heavy atom. The number of carboxylic acids is 1. The van der Waals surface area contributed by atoms with Crippen LogP contribution in [0.25, 0.3) is 32.2 Å². The summed E-state index contributed by atoms with van der Waals surface area (Å²) < 4.78 is 8.85. The zero-order chi connectivity index (χ0) is 48.5. The van der Waals surface area contributed by atoms with Gasteiger partial charge >= 0.3 is 5.97 Å². The molecule has 2 fully saturated rings. The number of aromatic carboxylic acids is 1. The van der Waals surface area contributed by atoms with E-state index in [1.807, 2.05) is 84.6 Å². The van der Waals surface area contributed by atoms with Crippen LogP contribution in [0, 0.1) is 12.8 Å². The maximum atomic E-state index is 13.5. The van der Waals surface area contributed by atoms with Crippen LogP contribution in [0.15, 0.2) is 85.1 Å². The number of fused-ring (bicyclic) bond motifs is 3. The number of piperidine rings is 2. The van der Waals surface area contributed by atoms with Gasteiger partial charge in [-0.3, -0.25) is 44.4 Å². The Labute approximate surface area is 407 Å². The fraction of sp³-hybridized carbons (Fsp3) is 0.327. The maximum Gasteiger partial charge on any atom is 0.355 e. The number of amides is 4. The highest BCUT2D eigenvalue weighted by Crippen LogP contribution is 2.35. The first-order valence-corrected chi connectivity index (χ1v) is 24.4. The second kappa shape index (κ2) is 19.8. The number of benzene rings is 3. The third-order valence-corrected chi connectivity index (χ3v) is 14.6. The van der Waals surface area contributed by atoms with Crippen LogP contribution in [0.3, 0.4) is 0 Å². The lowest BCUT2D eigenvalue weighted by Gasteiger charge is -2.31. The number of anilines is 3. The average molecular weight is 961 g/mol. The van der Waals surface area contributed by atoms with Gasteiger partial charge in [-0.2, -0.15) is 5.10 Å². The van der Waals surface area contributed by atoms with Gasteiger partial charge in [-0.1, -0.05) is 29.5 Å². The Hall–Kier alpha value is -7.57. The van der Waals surface area contributed by atoms with Gasteiger partial charge in [0.1, 0.15) is 17.3 Å². The van der Waals surface area contributed by atoms with Crippen molar-refractivity contribution >= 4 is 78.7 Å². The molecular weight excluding hydrogens is 909 g/mol. The molecule has 0 saturated carbocycles. The van der Waals surface area contributed by atoms with E-state index in [2.05, 4.69) is 40.9 Å². The monoisotopic (exact) mass is 960 g/mol. The number of ether oxygens (including phenoxy) is 1. The van der Waals surface area contributed by atoms with Crippen LogP contribution in [0.5, 0.6) is 5.75 Å². The molecule has 17 nitrogen and oxygen atoms in total. The zero-order valence-corrected chi connectivity index (χ0v) is 39.7. The largest absolute Gasteiger partial charge is 0.494 e. The van der Waals surface area contributed by atoms with Crippen LogP contribution >= 0.6 is 11.3 Å². The number of rotatable bonds is 14. The van der Waals surface area contributed by atoms with Gasteiger partial charge in [0.15, 0.2) is 10.8 Å². The number of imide groups is 1. The molecule has 358 valence electrons. The summed E-state index contributed by atoms with van der Waals surface area (Å²) in [5.41, 5.74) is 7.05. The van der Waals surface area contributed by atoms with Crippen LogP contribution in [0.4, 0.5) is 16.6 Å². The van der Waals surface area contributed by atoms with Gasteiger partial charge in [-0.15, -0.1) is 0 Å². The van der Waals surface area contributed by atoms with Crippen LogP contribution in [-0.2, 0) is 34.4 Å². The number of nitrogens with zero attached hydrogens (tertiary/aromatic N) is 7. The summed E-state index contributed by atoms with van der Waals surface area (Å²) in [6.45, 7) is 5.38. The van der Waals surface area contributed by atoms with Gasteiger partial charge in [-0.05, 0) is 142 Å². The van der Waals surface area contributed by atoms with Crippen molar-refractivity contribution in [3.05, 3.63) is 119 Å². The fourth-order valence-electron chi connectivity index (χ4n) is 9.95. The first-order valence-electron chi connectivity index (χ1n) is 23.6. The van der Waals surface area contributed by atoms with Crippen molar-refractivity contribution in [3.8, 4) is 16.9 Å². The Kier molecular flexibility index (Phi) is 13.1. The lowest BCUT2D eigenvalue weighted by molar-refractivity contribution is -0.134. The molecule has 10 rings (SSSR count). The van der Waals surface area contributed by atoms with E-state index in [-0.39, 0.29) is 35.7 Å². The topological polar surface area (TPSA) is 214 Å². The molecule has 4 amide bonds. The van der Waals surface area contributed by atoms with Gasteiger partial charge in [-0.25, -0.2) is 14.8 Å². The third-order valence-electron chi connectivity index (χ3n) is 13.6. The summed E-state index contributed by atoms with van der Waals surface area (Å²) in [6.07, 6.45) is 6.87. The third kappa shape index (κ3) is 9.82. The zero-order valence-electron chi connectivity index (χ0n) is 38.9. The summed E-state index contributed by atoms with van der Waals surface area (Å²) in [5, 5.41) is 24.7. The summed E-state index contributed by atoms with van der Waals surface area (Å²) in [4.78, 5) is 81.4. The minimum Gasteiger partial charge on any atom is -0.494 e. The molecule has 70 heavy (non-hydrogen) atoms. The minimum atomic E-state index is -1.13. The molecule has 1 atom stereocenters. The quantitative estimate of drug-likeness (QED) is 0.0615. The number of carbonyl (C=O) groups excluding carboxylic acids is 4. The predicted molar refractivity (Wildman–Crippen MR) is 266 cm³/mol. The minimum absolute atomic E-state index is 0.0576. The number of nitrogens with one attached hydrogen (secondary N) is 3. The van der Waals surface area contributed by atoms with Crippen molar-refractivity contribution in [2.75, 3.05) is 48.3 Å². The molecule has 18 heteroatoms. The second-order valence-corrected chi connectivity index (χ2v) is 19.3. The SMILES string of the molecule is Cc1cc(OCCCC2CCN(CC(=O)Nc3ccc4c(C5CCC(=O)NC5=O)nn(C)c4c3)CC2)ccc1-c1ccc(N2CCc3ccnc(C(=O)Nc4nc5ccccc5s4)c3C2)nc1C(=O)O. The number of carboxylic acid groups (broad SMARTS) is 1. The molecule has 4 aromatic heterocycles. The molecule has 0 aliphatic carbocycles. The fourth-order valence-corrected chi connectivity index (χ4v) is 10.8. The number of thiazole rings is 1. The van der Waals surface area contributed by atoms with E-state index in [0.717, 1.165) is 82.1 Å². The van der Waals surface area contributed by atoms with Crippen molar-refractivity contribution in [1.82, 2.24) is 34.9 Å². The molecule has 3 aromatic carbocycles. The van der Waals surface area contributed by atoms with E-state index < -0.39 is 11.9 Å². The molecule has 0 bridgehead atoms. The highest BCUT2D eigenvalue weighted by atomic mass is 32.1. The molecule has 0 radical (unpaired) electrons. The predicted octanol–water partition coefficient (Wildman–Crippen LogP) is 7.49. The van der Waals surface area contributed by atoms with E-state index in [1.165, 1.54) is 11.3 Å². The van der Waals surface area contributed by atoms with E-state index in [1.54, 1.807) is 24.0 Å². The Balaban J connectivity index is 0.692. The standard InChI is InChI=1S/C52H52N10O7S/c1-30-26-34(69-25-5-6-31-18-22-61(23-19-31)29-45(64)54-33-9-11-37-41(27-33)60(2)59-46(37)38-14-16-44(63)57-49(38)65)10-12-35(30)36-13-15-43(56-48(36)51(67)68)62-24-20-32-17-21-53-47(39(32)28-62)50(66)58-52-55-40-7-3-4-8-42(40)70-52/h3-4,7-13,15,17,21,26-27,31,38H,5-6,14,16,18-20,22-25,28-29H2,1-2H3,(H,54,64)(H,67,68)(H,55,58,66)(H,57,63,65). The van der Waals surface area contributed by atoms with E-state index in [4.69, 9.17) is 4.74 Å². The highest BCUT2D eigenvalue weighted by Gasteiger charge is 2.32. The molecule has 7 aromatic rings. The second-order valence-electron chi connectivity index (χ2n) is 18.3. The number of hydrogen-bond acceptors (Lipinski definition) is 13. The Morgan fingerprint density at radius 3 is 2.53 bits per heavy atom. The van der Waals surface area contributed by atoms with Crippen LogP contribution in [0.1, 0.15) is 87.8 Å². The van der Waals surface area contributed by atoms with Crippen molar-refractivity contribution in [2.24, 2.45) is 13.0 Å². The lowest BCUT2D eigenvalue weighted by atomic mass is 9.92. The summed E-state index contributed by atoms with van der Waals surface area (Å²) >= 11 is 1.40. The average Bonchev–Trinajstić information content (AvgIpc) is 3.92. The number of carbonyl (C=O) groups is 5. The molecule has 3 aliphatic rings. The molecule has 3 aliphatic heterocycles. The number of aryl methyl sites for hydroxylation is 2. The van der Waals surface area contributed by atoms with Crippen molar-refractivity contribution in [1.29, 1.82) is 0 Å². The Bertz CT molecular complexity index is 3160. The molecule has 1 unspecified atom stereocenters. The number of hydrogen-bond donors (Lipinski definition) is 4. The summed E-state index contributed by atoms with van der Waals surface area (Å²) in [6, 6.07) is 24.5. The van der Waals surface area contributed by atoms with Crippen molar-refractivity contribution < 1.29 is 33.8 Å². The lowest BCUT2D eigenvalue weighted by Crippen LogP contribution is -2.39. The summed E-state index contributed by atoms with van der Waals surface area (Å²) in [7, 11) is 1.80. The van der Waals surface area contributed by atoms with Crippen molar-refractivity contribution in [3.63, 3.8) is 0 Å².